The molecule has 0 saturated heterocycles. The minimum Gasteiger partial charge on any atom is -0.322 e. The second-order valence-corrected chi connectivity index (χ2v) is 7.76. The van der Waals surface area contributed by atoms with Crippen LogP contribution in [0.1, 0.15) is 36.6 Å². The molecule has 0 radical (unpaired) electrons. The van der Waals surface area contributed by atoms with Gasteiger partial charge in [-0.05, 0) is 73.7 Å². The summed E-state index contributed by atoms with van der Waals surface area (Å²) in [6.07, 6.45) is 0. The lowest BCUT2D eigenvalue weighted by atomic mass is 10.1. The molecule has 0 aliphatic heterocycles. The summed E-state index contributed by atoms with van der Waals surface area (Å²) < 4.78 is 0. The average molecular weight is 450 g/mol. The maximum Gasteiger partial charge on any atom is 0.255 e. The molecule has 6 heteroatoms. The highest BCUT2D eigenvalue weighted by Gasteiger charge is 2.10. The second kappa shape index (κ2) is 10.3. The molecule has 0 spiro atoms. The number of aryl methyl sites for hydroxylation is 1. The van der Waals surface area contributed by atoms with Crippen LogP contribution in [0.4, 0.5) is 17.1 Å². The molecule has 0 aliphatic carbocycles. The molecule has 0 atom stereocenters. The molecule has 0 unspecified atom stereocenters. The van der Waals surface area contributed by atoms with Crippen LogP contribution < -0.4 is 16.0 Å². The monoisotopic (exact) mass is 449 g/mol. The van der Waals surface area contributed by atoms with Gasteiger partial charge in [0.1, 0.15) is 0 Å². The van der Waals surface area contributed by atoms with Crippen LogP contribution in [0.25, 0.3) is 0 Å². The van der Waals surface area contributed by atoms with Gasteiger partial charge in [0, 0.05) is 33.8 Å². The predicted molar refractivity (Wildman–Crippen MR) is 134 cm³/mol. The number of anilines is 3. The Morgan fingerprint density at radius 1 is 0.471 bits per heavy atom. The second-order valence-electron chi connectivity index (χ2n) is 7.76. The van der Waals surface area contributed by atoms with Crippen LogP contribution in [0.15, 0.2) is 103 Å². The van der Waals surface area contributed by atoms with E-state index in [9.17, 15) is 14.4 Å². The quantitative estimate of drug-likeness (QED) is 0.350. The minimum absolute atomic E-state index is 0.213. The van der Waals surface area contributed by atoms with Crippen molar-refractivity contribution in [1.82, 2.24) is 0 Å². The van der Waals surface area contributed by atoms with E-state index in [1.54, 1.807) is 78.9 Å². The zero-order chi connectivity index (χ0) is 23.9. The van der Waals surface area contributed by atoms with E-state index >= 15 is 0 Å². The number of nitrogens with one attached hydrogen (secondary N) is 3. The van der Waals surface area contributed by atoms with Crippen LogP contribution in [0.5, 0.6) is 0 Å². The molecule has 4 aromatic rings. The zero-order valence-corrected chi connectivity index (χ0v) is 18.5. The molecule has 0 aliphatic rings. The summed E-state index contributed by atoms with van der Waals surface area (Å²) in [5.41, 5.74) is 4.27. The number of carbonyl (C=O) groups is 3. The van der Waals surface area contributed by atoms with Gasteiger partial charge in [0.25, 0.3) is 17.7 Å². The van der Waals surface area contributed by atoms with Crippen molar-refractivity contribution in [3.05, 3.63) is 125 Å². The Balaban J connectivity index is 1.37. The van der Waals surface area contributed by atoms with Gasteiger partial charge in [0.05, 0.1) is 0 Å². The smallest absolute Gasteiger partial charge is 0.255 e. The predicted octanol–water partition coefficient (Wildman–Crippen LogP) is 5.75. The SMILES string of the molecule is Cc1cccc(C(=O)Nc2ccc(C(=O)Nc3cccc(NC(=O)c4ccccc4)c3)cc2)c1. The first kappa shape index (κ1) is 22.5. The molecular formula is C28H23N3O3. The van der Waals surface area contributed by atoms with E-state index in [0.717, 1.165) is 5.56 Å². The lowest BCUT2D eigenvalue weighted by molar-refractivity contribution is 0.101. The van der Waals surface area contributed by atoms with Gasteiger partial charge in [-0.25, -0.2) is 0 Å². The molecule has 4 rings (SSSR count). The molecule has 3 amide bonds. The molecule has 0 heterocycles. The fourth-order valence-electron chi connectivity index (χ4n) is 3.37. The Morgan fingerprint density at radius 2 is 0.971 bits per heavy atom. The molecule has 34 heavy (non-hydrogen) atoms. The summed E-state index contributed by atoms with van der Waals surface area (Å²) >= 11 is 0. The van der Waals surface area contributed by atoms with Gasteiger partial charge in [-0.15, -0.1) is 0 Å². The van der Waals surface area contributed by atoms with Crippen LogP contribution >= 0.6 is 0 Å². The fraction of sp³-hybridized carbons (Fsp3) is 0.0357. The number of amides is 3. The van der Waals surface area contributed by atoms with Crippen LogP contribution in [0.3, 0.4) is 0 Å². The Morgan fingerprint density at radius 3 is 1.59 bits per heavy atom. The highest BCUT2D eigenvalue weighted by molar-refractivity contribution is 6.07. The van der Waals surface area contributed by atoms with Crippen molar-refractivity contribution in [2.24, 2.45) is 0 Å². The topological polar surface area (TPSA) is 87.3 Å². The van der Waals surface area contributed by atoms with E-state index in [4.69, 9.17) is 0 Å². The van der Waals surface area contributed by atoms with Crippen LogP contribution in [0, 0.1) is 6.92 Å². The highest BCUT2D eigenvalue weighted by atomic mass is 16.2. The number of hydrogen-bond acceptors (Lipinski definition) is 3. The van der Waals surface area contributed by atoms with Crippen LogP contribution in [-0.2, 0) is 0 Å². The molecular weight excluding hydrogens is 426 g/mol. The van der Waals surface area contributed by atoms with E-state index in [2.05, 4.69) is 16.0 Å². The lowest BCUT2D eigenvalue weighted by Gasteiger charge is -2.10. The zero-order valence-electron chi connectivity index (χ0n) is 18.5. The summed E-state index contributed by atoms with van der Waals surface area (Å²) in [7, 11) is 0. The summed E-state index contributed by atoms with van der Waals surface area (Å²) in [5.74, 6) is -0.745. The third kappa shape index (κ3) is 5.75. The fourth-order valence-corrected chi connectivity index (χ4v) is 3.37. The highest BCUT2D eigenvalue weighted by Crippen LogP contribution is 2.18. The van der Waals surface area contributed by atoms with Gasteiger partial charge in [-0.1, -0.05) is 42.0 Å². The Hall–Kier alpha value is -4.71. The number of rotatable bonds is 6. The Kier molecular flexibility index (Phi) is 6.79. The van der Waals surface area contributed by atoms with Crippen molar-refractivity contribution in [2.45, 2.75) is 6.92 Å². The van der Waals surface area contributed by atoms with E-state index in [1.807, 2.05) is 31.2 Å². The van der Waals surface area contributed by atoms with Gasteiger partial charge < -0.3 is 16.0 Å². The number of hydrogen-bond donors (Lipinski definition) is 3. The van der Waals surface area contributed by atoms with E-state index in [1.165, 1.54) is 0 Å². The Bertz CT molecular complexity index is 1330. The normalized spacial score (nSPS) is 10.3. The average Bonchev–Trinajstić information content (AvgIpc) is 2.85. The van der Waals surface area contributed by atoms with Gasteiger partial charge >= 0.3 is 0 Å². The largest absolute Gasteiger partial charge is 0.322 e. The van der Waals surface area contributed by atoms with Crippen molar-refractivity contribution in [3.8, 4) is 0 Å². The molecule has 4 aromatic carbocycles. The minimum atomic E-state index is -0.303. The van der Waals surface area contributed by atoms with Gasteiger partial charge in [-0.2, -0.15) is 0 Å². The first-order valence-corrected chi connectivity index (χ1v) is 10.7. The van der Waals surface area contributed by atoms with Crippen molar-refractivity contribution in [3.63, 3.8) is 0 Å². The first-order chi connectivity index (χ1) is 16.5. The van der Waals surface area contributed by atoms with Crippen LogP contribution in [0.2, 0.25) is 0 Å². The van der Waals surface area contributed by atoms with Gasteiger partial charge in [-0.3, -0.25) is 14.4 Å². The molecule has 0 aromatic heterocycles. The lowest BCUT2D eigenvalue weighted by Crippen LogP contribution is -2.14. The summed E-state index contributed by atoms with van der Waals surface area (Å²) in [4.78, 5) is 37.4. The summed E-state index contributed by atoms with van der Waals surface area (Å²) in [6, 6.07) is 29.8. The maximum atomic E-state index is 12.7. The maximum absolute atomic E-state index is 12.7. The Labute approximate surface area is 197 Å². The molecule has 0 bridgehead atoms. The van der Waals surface area contributed by atoms with E-state index < -0.39 is 0 Å². The number of benzene rings is 4. The number of carbonyl (C=O) groups excluding carboxylic acids is 3. The molecule has 3 N–H and O–H groups in total. The van der Waals surface area contributed by atoms with Gasteiger partial charge in [0.2, 0.25) is 0 Å². The standard InChI is InChI=1S/C28H23N3O3/c1-19-7-5-10-22(17-19)28(34)29-23-15-13-21(14-16-23)27(33)31-25-12-6-11-24(18-25)30-26(32)20-8-3-2-4-9-20/h2-18H,1H3,(H,29,34)(H,30,32)(H,31,33). The third-order valence-electron chi connectivity index (χ3n) is 5.10. The molecule has 0 fully saturated rings. The van der Waals surface area contributed by atoms with Crippen LogP contribution in [-0.4, -0.2) is 17.7 Å². The molecule has 0 saturated carbocycles. The van der Waals surface area contributed by atoms with Crippen molar-refractivity contribution < 1.29 is 14.4 Å². The molecule has 6 nitrogen and oxygen atoms in total. The van der Waals surface area contributed by atoms with E-state index in [-0.39, 0.29) is 17.7 Å². The van der Waals surface area contributed by atoms with Crippen molar-refractivity contribution in [1.29, 1.82) is 0 Å². The van der Waals surface area contributed by atoms with E-state index in [0.29, 0.717) is 33.8 Å². The summed E-state index contributed by atoms with van der Waals surface area (Å²) in [5, 5.41) is 8.48. The van der Waals surface area contributed by atoms with Gasteiger partial charge in [0.15, 0.2) is 0 Å². The third-order valence-corrected chi connectivity index (χ3v) is 5.10. The summed E-state index contributed by atoms with van der Waals surface area (Å²) in [6.45, 7) is 1.93. The van der Waals surface area contributed by atoms with Crippen molar-refractivity contribution in [2.75, 3.05) is 16.0 Å². The first-order valence-electron chi connectivity index (χ1n) is 10.7. The van der Waals surface area contributed by atoms with Crippen molar-refractivity contribution >= 4 is 34.8 Å². The molecule has 168 valence electrons.